The molecule has 1 saturated heterocycles. The fourth-order valence-corrected chi connectivity index (χ4v) is 5.91. The number of rotatable bonds is 6. The molecule has 0 aliphatic carbocycles. The zero-order valence-electron chi connectivity index (χ0n) is 14.8. The molecule has 1 aromatic heterocycles. The van der Waals surface area contributed by atoms with E-state index in [1.165, 1.54) is 34.2 Å². The van der Waals surface area contributed by atoms with E-state index in [1.54, 1.807) is 18.2 Å². The molecule has 148 valence electrons. The van der Waals surface area contributed by atoms with E-state index in [0.717, 1.165) is 22.0 Å². The number of nitrogens with zero attached hydrogens (tertiary/aromatic N) is 3. The standard InChI is InChI=1S/C18H14N4O4S3/c23-15-10-27-17(11-5-1-3-7-13(11)22(25)26)21(15)19-9-16(24)29-18-20-12-6-2-4-8-14(12)28-18/h1-8,17,19H,9-10H2. The van der Waals surface area contributed by atoms with Crippen LogP contribution in [0.5, 0.6) is 0 Å². The summed E-state index contributed by atoms with van der Waals surface area (Å²) in [7, 11) is 0. The first-order valence-electron chi connectivity index (χ1n) is 8.49. The van der Waals surface area contributed by atoms with Gasteiger partial charge < -0.3 is 0 Å². The van der Waals surface area contributed by atoms with Crippen LogP contribution < -0.4 is 5.43 Å². The van der Waals surface area contributed by atoms with Crippen LogP contribution in [-0.4, -0.2) is 38.2 Å². The van der Waals surface area contributed by atoms with Crippen molar-refractivity contribution in [3.63, 3.8) is 0 Å². The van der Waals surface area contributed by atoms with Gasteiger partial charge in [0.1, 0.15) is 5.37 Å². The summed E-state index contributed by atoms with van der Waals surface area (Å²) in [6.45, 7) is -0.0932. The van der Waals surface area contributed by atoms with Gasteiger partial charge in [-0.15, -0.1) is 23.1 Å². The number of amides is 1. The number of benzene rings is 2. The highest BCUT2D eigenvalue weighted by atomic mass is 32.2. The summed E-state index contributed by atoms with van der Waals surface area (Å²) in [5, 5.41) is 11.9. The molecule has 1 unspecified atom stereocenters. The number of para-hydroxylation sites is 2. The van der Waals surface area contributed by atoms with Gasteiger partial charge in [0.05, 0.1) is 33.0 Å². The zero-order valence-corrected chi connectivity index (χ0v) is 17.3. The molecule has 1 aliphatic rings. The molecule has 4 rings (SSSR count). The Morgan fingerprint density at radius 1 is 1.28 bits per heavy atom. The number of fused-ring (bicyclic) bond motifs is 1. The largest absolute Gasteiger partial charge is 0.285 e. The topological polar surface area (TPSA) is 105 Å². The SMILES string of the molecule is O=C(CNN1C(=O)CSC1c1ccccc1[N+](=O)[O-])Sc1nc2ccccc2s1. The molecule has 1 N–H and O–H groups in total. The molecule has 1 fully saturated rings. The Bertz CT molecular complexity index is 1070. The van der Waals surface area contributed by atoms with Gasteiger partial charge in [-0.25, -0.2) is 10.4 Å². The first-order valence-corrected chi connectivity index (χ1v) is 11.2. The van der Waals surface area contributed by atoms with Crippen molar-refractivity contribution in [3.05, 3.63) is 64.2 Å². The molecule has 1 atom stereocenters. The van der Waals surface area contributed by atoms with Crippen molar-refractivity contribution in [2.24, 2.45) is 0 Å². The van der Waals surface area contributed by atoms with Crippen LogP contribution in [0.4, 0.5) is 5.69 Å². The second-order valence-corrected chi connectivity index (χ2v) is 9.40. The lowest BCUT2D eigenvalue weighted by molar-refractivity contribution is -0.385. The summed E-state index contributed by atoms with van der Waals surface area (Å²) in [4.78, 5) is 39.9. The van der Waals surface area contributed by atoms with Crippen molar-refractivity contribution in [2.45, 2.75) is 9.71 Å². The second-order valence-electron chi connectivity index (χ2n) is 6.00. The third-order valence-electron chi connectivity index (χ3n) is 4.14. The van der Waals surface area contributed by atoms with E-state index in [0.29, 0.717) is 9.90 Å². The minimum Gasteiger partial charge on any atom is -0.285 e. The van der Waals surface area contributed by atoms with Gasteiger partial charge in [-0.05, 0) is 30.0 Å². The lowest BCUT2D eigenvalue weighted by Gasteiger charge is -2.24. The lowest BCUT2D eigenvalue weighted by Crippen LogP contribution is -2.43. The quantitative estimate of drug-likeness (QED) is 0.348. The van der Waals surface area contributed by atoms with E-state index in [1.807, 2.05) is 24.3 Å². The maximum atomic E-state index is 12.4. The van der Waals surface area contributed by atoms with Crippen LogP contribution in [0.1, 0.15) is 10.9 Å². The number of nitrogens with one attached hydrogen (secondary N) is 1. The van der Waals surface area contributed by atoms with Crippen LogP contribution in [-0.2, 0) is 9.59 Å². The summed E-state index contributed by atoms with van der Waals surface area (Å²) in [6.07, 6.45) is 0. The third kappa shape index (κ3) is 4.27. The molecule has 29 heavy (non-hydrogen) atoms. The Kier molecular flexibility index (Phi) is 5.81. The Morgan fingerprint density at radius 3 is 2.83 bits per heavy atom. The van der Waals surface area contributed by atoms with Crippen molar-refractivity contribution in [1.29, 1.82) is 0 Å². The Morgan fingerprint density at radius 2 is 2.03 bits per heavy atom. The number of hydrogen-bond donors (Lipinski definition) is 1. The Labute approximate surface area is 177 Å². The number of hydrazine groups is 1. The van der Waals surface area contributed by atoms with Crippen LogP contribution in [0.3, 0.4) is 0 Å². The molecule has 2 aromatic carbocycles. The van der Waals surface area contributed by atoms with Crippen LogP contribution in [0.15, 0.2) is 52.9 Å². The van der Waals surface area contributed by atoms with Crippen molar-refractivity contribution in [1.82, 2.24) is 15.4 Å². The predicted molar refractivity (Wildman–Crippen MR) is 114 cm³/mol. The van der Waals surface area contributed by atoms with Crippen molar-refractivity contribution in [2.75, 3.05) is 12.3 Å². The van der Waals surface area contributed by atoms with Crippen molar-refractivity contribution in [3.8, 4) is 0 Å². The number of nitro groups is 1. The number of aromatic nitrogens is 1. The number of thioether (sulfide) groups is 2. The van der Waals surface area contributed by atoms with E-state index < -0.39 is 10.3 Å². The van der Waals surface area contributed by atoms with Gasteiger partial charge in [0.25, 0.3) is 5.69 Å². The number of nitro benzene ring substituents is 1. The van der Waals surface area contributed by atoms with Gasteiger partial charge >= 0.3 is 0 Å². The van der Waals surface area contributed by atoms with E-state index in [2.05, 4.69) is 10.4 Å². The van der Waals surface area contributed by atoms with E-state index in [9.17, 15) is 19.7 Å². The normalized spacial score (nSPS) is 16.5. The van der Waals surface area contributed by atoms with Gasteiger partial charge in [0.15, 0.2) is 4.34 Å². The summed E-state index contributed by atoms with van der Waals surface area (Å²) in [5.74, 6) is -0.0425. The number of thiazole rings is 1. The van der Waals surface area contributed by atoms with Gasteiger partial charge in [-0.2, -0.15) is 0 Å². The van der Waals surface area contributed by atoms with Crippen LogP contribution in [0, 0.1) is 10.1 Å². The summed E-state index contributed by atoms with van der Waals surface area (Å²) < 4.78 is 1.63. The highest BCUT2D eigenvalue weighted by Gasteiger charge is 2.36. The average molecular weight is 447 g/mol. The molecule has 0 radical (unpaired) electrons. The minimum atomic E-state index is -0.565. The molecular weight excluding hydrogens is 432 g/mol. The molecule has 3 aromatic rings. The fourth-order valence-electron chi connectivity index (χ4n) is 2.87. The highest BCUT2D eigenvalue weighted by molar-refractivity contribution is 8.15. The van der Waals surface area contributed by atoms with Gasteiger partial charge in [0, 0.05) is 6.07 Å². The monoisotopic (exact) mass is 446 g/mol. The Hall–Kier alpha value is -2.47. The molecule has 0 spiro atoms. The van der Waals surface area contributed by atoms with Crippen LogP contribution in [0.25, 0.3) is 10.2 Å². The first kappa shape index (κ1) is 19.8. The van der Waals surface area contributed by atoms with Crippen LogP contribution in [0.2, 0.25) is 0 Å². The Balaban J connectivity index is 1.44. The molecule has 1 amide bonds. The minimum absolute atomic E-state index is 0.0540. The van der Waals surface area contributed by atoms with Crippen molar-refractivity contribution < 1.29 is 14.5 Å². The van der Waals surface area contributed by atoms with E-state index >= 15 is 0 Å². The molecule has 8 nitrogen and oxygen atoms in total. The maximum Gasteiger partial charge on any atom is 0.275 e. The zero-order chi connectivity index (χ0) is 20.4. The van der Waals surface area contributed by atoms with Gasteiger partial charge in [-0.3, -0.25) is 24.7 Å². The highest BCUT2D eigenvalue weighted by Crippen LogP contribution is 2.41. The van der Waals surface area contributed by atoms with Gasteiger partial charge in [-0.1, -0.05) is 24.3 Å². The van der Waals surface area contributed by atoms with E-state index in [4.69, 9.17) is 0 Å². The number of carbonyl (C=O) groups is 2. The summed E-state index contributed by atoms with van der Waals surface area (Å²) >= 11 is 3.73. The smallest absolute Gasteiger partial charge is 0.275 e. The predicted octanol–water partition coefficient (Wildman–Crippen LogP) is 3.60. The molecule has 0 saturated carbocycles. The van der Waals surface area contributed by atoms with E-state index in [-0.39, 0.29) is 29.0 Å². The van der Waals surface area contributed by atoms with Gasteiger partial charge in [0.2, 0.25) is 11.0 Å². The third-order valence-corrected chi connectivity index (χ3v) is 7.30. The molecular formula is C18H14N4O4S3. The number of hydrogen-bond acceptors (Lipinski definition) is 9. The molecule has 0 bridgehead atoms. The second kappa shape index (κ2) is 8.49. The first-order chi connectivity index (χ1) is 14.0. The number of carbonyl (C=O) groups excluding carboxylic acids is 2. The molecule has 11 heteroatoms. The summed E-state index contributed by atoms with van der Waals surface area (Å²) in [6, 6.07) is 13.9. The molecule has 1 aliphatic heterocycles. The average Bonchev–Trinajstić information content (AvgIpc) is 3.28. The summed E-state index contributed by atoms with van der Waals surface area (Å²) in [5.41, 5.74) is 4.05. The molecule has 2 heterocycles. The maximum absolute atomic E-state index is 12.4. The van der Waals surface area contributed by atoms with Crippen molar-refractivity contribution >= 4 is 61.8 Å². The van der Waals surface area contributed by atoms with Crippen LogP contribution >= 0.6 is 34.9 Å². The lowest BCUT2D eigenvalue weighted by atomic mass is 10.1. The fraction of sp³-hybridized carbons (Fsp3) is 0.167.